The maximum Gasteiger partial charge on any atom is 0.273 e. The van der Waals surface area contributed by atoms with Crippen LogP contribution in [0.2, 0.25) is 0 Å². The molecule has 0 aromatic carbocycles. The van der Waals surface area contributed by atoms with E-state index in [9.17, 15) is 4.79 Å². The van der Waals surface area contributed by atoms with Gasteiger partial charge in [0.15, 0.2) is 0 Å². The van der Waals surface area contributed by atoms with Gasteiger partial charge in [0.1, 0.15) is 11.5 Å². The standard InChI is InChI=1S/C12H12BrN3O/c1-8-6-11(14-7-9(8)13)15-12(17)10-4-3-5-16(10)2/h3-7H,1-2H3,(H,14,15,17). The molecule has 0 aliphatic heterocycles. The lowest BCUT2D eigenvalue weighted by Crippen LogP contribution is -2.16. The fourth-order valence-corrected chi connectivity index (χ4v) is 1.70. The predicted octanol–water partition coefficient (Wildman–Crippen LogP) is 2.74. The minimum atomic E-state index is -0.160. The highest BCUT2D eigenvalue weighted by molar-refractivity contribution is 9.10. The smallest absolute Gasteiger partial charge is 0.273 e. The fraction of sp³-hybridized carbons (Fsp3) is 0.167. The van der Waals surface area contributed by atoms with Crippen molar-refractivity contribution in [1.82, 2.24) is 9.55 Å². The molecule has 2 aromatic rings. The first-order valence-electron chi connectivity index (χ1n) is 5.13. The van der Waals surface area contributed by atoms with Gasteiger partial charge in [-0.2, -0.15) is 0 Å². The molecule has 2 rings (SSSR count). The normalized spacial score (nSPS) is 10.3. The van der Waals surface area contributed by atoms with E-state index < -0.39 is 0 Å². The van der Waals surface area contributed by atoms with Crippen LogP contribution in [-0.2, 0) is 7.05 Å². The van der Waals surface area contributed by atoms with Crippen molar-refractivity contribution in [3.63, 3.8) is 0 Å². The van der Waals surface area contributed by atoms with Gasteiger partial charge in [0.25, 0.3) is 5.91 Å². The zero-order valence-corrected chi connectivity index (χ0v) is 11.2. The Bertz CT molecular complexity index is 563. The predicted molar refractivity (Wildman–Crippen MR) is 70.0 cm³/mol. The summed E-state index contributed by atoms with van der Waals surface area (Å²) >= 11 is 3.37. The Morgan fingerprint density at radius 1 is 1.53 bits per heavy atom. The zero-order chi connectivity index (χ0) is 12.4. The van der Waals surface area contributed by atoms with Crippen LogP contribution in [0.15, 0.2) is 35.1 Å². The largest absolute Gasteiger partial charge is 0.347 e. The third-order valence-electron chi connectivity index (χ3n) is 2.46. The van der Waals surface area contributed by atoms with E-state index in [0.29, 0.717) is 11.5 Å². The maximum atomic E-state index is 11.9. The Kier molecular flexibility index (Phi) is 3.28. The molecule has 5 heteroatoms. The maximum absolute atomic E-state index is 11.9. The molecular formula is C12H12BrN3O. The topological polar surface area (TPSA) is 46.9 Å². The van der Waals surface area contributed by atoms with E-state index in [4.69, 9.17) is 0 Å². The minimum Gasteiger partial charge on any atom is -0.347 e. The lowest BCUT2D eigenvalue weighted by Gasteiger charge is -2.06. The molecule has 88 valence electrons. The lowest BCUT2D eigenvalue weighted by molar-refractivity contribution is 0.101. The van der Waals surface area contributed by atoms with Crippen LogP contribution in [0.4, 0.5) is 5.82 Å². The quantitative estimate of drug-likeness (QED) is 0.925. The molecule has 0 aliphatic rings. The SMILES string of the molecule is Cc1cc(NC(=O)c2cccn2C)ncc1Br. The van der Waals surface area contributed by atoms with Gasteiger partial charge in [-0.1, -0.05) is 0 Å². The van der Waals surface area contributed by atoms with Crippen molar-refractivity contribution >= 4 is 27.7 Å². The first-order chi connectivity index (χ1) is 8.08. The van der Waals surface area contributed by atoms with Gasteiger partial charge < -0.3 is 9.88 Å². The molecule has 0 saturated carbocycles. The minimum absolute atomic E-state index is 0.160. The van der Waals surface area contributed by atoms with Crippen molar-refractivity contribution in [2.75, 3.05) is 5.32 Å². The first-order valence-corrected chi connectivity index (χ1v) is 5.92. The van der Waals surface area contributed by atoms with Gasteiger partial charge in [0.05, 0.1) is 0 Å². The summed E-state index contributed by atoms with van der Waals surface area (Å²) in [5.74, 6) is 0.392. The van der Waals surface area contributed by atoms with Crippen LogP contribution >= 0.6 is 15.9 Å². The van der Waals surface area contributed by atoms with Crippen molar-refractivity contribution in [3.05, 3.63) is 46.3 Å². The number of hydrogen-bond acceptors (Lipinski definition) is 2. The van der Waals surface area contributed by atoms with Gasteiger partial charge in [-0.3, -0.25) is 4.79 Å². The molecule has 0 spiro atoms. The molecule has 2 heterocycles. The Balaban J connectivity index is 2.19. The van der Waals surface area contributed by atoms with Crippen LogP contribution in [0.3, 0.4) is 0 Å². The number of halogens is 1. The van der Waals surface area contributed by atoms with Crippen molar-refractivity contribution in [2.45, 2.75) is 6.92 Å². The monoisotopic (exact) mass is 293 g/mol. The van der Waals surface area contributed by atoms with E-state index in [1.807, 2.05) is 32.3 Å². The van der Waals surface area contributed by atoms with Gasteiger partial charge in [-0.25, -0.2) is 4.98 Å². The van der Waals surface area contributed by atoms with Crippen molar-refractivity contribution in [3.8, 4) is 0 Å². The van der Waals surface area contributed by atoms with Crippen LogP contribution < -0.4 is 5.32 Å². The van der Waals surface area contributed by atoms with Crippen molar-refractivity contribution in [2.24, 2.45) is 7.05 Å². The van der Waals surface area contributed by atoms with Crippen LogP contribution in [0.5, 0.6) is 0 Å². The second-order valence-electron chi connectivity index (χ2n) is 3.78. The molecule has 4 nitrogen and oxygen atoms in total. The van der Waals surface area contributed by atoms with Crippen LogP contribution in [0.1, 0.15) is 16.1 Å². The molecule has 17 heavy (non-hydrogen) atoms. The number of aryl methyl sites for hydroxylation is 2. The molecular weight excluding hydrogens is 282 g/mol. The van der Waals surface area contributed by atoms with Crippen LogP contribution in [-0.4, -0.2) is 15.5 Å². The van der Waals surface area contributed by atoms with Gasteiger partial charge in [0.2, 0.25) is 0 Å². The number of carbonyl (C=O) groups is 1. The van der Waals surface area contributed by atoms with E-state index >= 15 is 0 Å². The summed E-state index contributed by atoms with van der Waals surface area (Å²) in [5.41, 5.74) is 1.63. The third-order valence-corrected chi connectivity index (χ3v) is 3.30. The number of anilines is 1. The molecule has 0 radical (unpaired) electrons. The highest BCUT2D eigenvalue weighted by atomic mass is 79.9. The average molecular weight is 294 g/mol. The van der Waals surface area contributed by atoms with E-state index in [0.717, 1.165) is 10.0 Å². The molecule has 1 amide bonds. The Morgan fingerprint density at radius 2 is 2.29 bits per heavy atom. The lowest BCUT2D eigenvalue weighted by atomic mass is 10.3. The number of carbonyl (C=O) groups excluding carboxylic acids is 1. The average Bonchev–Trinajstić information content (AvgIpc) is 2.70. The molecule has 0 saturated heterocycles. The molecule has 1 N–H and O–H groups in total. The summed E-state index contributed by atoms with van der Waals surface area (Å²) in [6, 6.07) is 5.42. The van der Waals surface area contributed by atoms with Crippen LogP contribution in [0.25, 0.3) is 0 Å². The summed E-state index contributed by atoms with van der Waals surface area (Å²) in [6.07, 6.45) is 3.51. The summed E-state index contributed by atoms with van der Waals surface area (Å²) in [7, 11) is 1.83. The van der Waals surface area contributed by atoms with Crippen molar-refractivity contribution in [1.29, 1.82) is 0 Å². The summed E-state index contributed by atoms with van der Waals surface area (Å²) in [6.45, 7) is 1.95. The second kappa shape index (κ2) is 4.71. The molecule has 2 aromatic heterocycles. The van der Waals surface area contributed by atoms with E-state index in [1.165, 1.54) is 0 Å². The number of amides is 1. The summed E-state index contributed by atoms with van der Waals surface area (Å²) in [5, 5.41) is 2.76. The van der Waals surface area contributed by atoms with Crippen LogP contribution in [0, 0.1) is 6.92 Å². The van der Waals surface area contributed by atoms with E-state index in [1.54, 1.807) is 16.8 Å². The van der Waals surface area contributed by atoms with Gasteiger partial charge in [-0.15, -0.1) is 0 Å². The number of hydrogen-bond donors (Lipinski definition) is 1. The zero-order valence-electron chi connectivity index (χ0n) is 9.57. The van der Waals surface area contributed by atoms with Gasteiger partial charge in [-0.05, 0) is 46.6 Å². The number of nitrogens with zero attached hydrogens (tertiary/aromatic N) is 2. The fourth-order valence-electron chi connectivity index (χ4n) is 1.49. The number of pyridine rings is 1. The van der Waals surface area contributed by atoms with Gasteiger partial charge in [0, 0.05) is 23.9 Å². The number of rotatable bonds is 2. The van der Waals surface area contributed by atoms with E-state index in [-0.39, 0.29) is 5.91 Å². The first kappa shape index (κ1) is 11.9. The molecule has 0 aliphatic carbocycles. The Morgan fingerprint density at radius 3 is 2.88 bits per heavy atom. The molecule has 0 atom stereocenters. The highest BCUT2D eigenvalue weighted by Gasteiger charge is 2.09. The molecule has 0 bridgehead atoms. The van der Waals surface area contributed by atoms with E-state index in [2.05, 4.69) is 26.2 Å². The number of aromatic nitrogens is 2. The molecule has 0 fully saturated rings. The molecule has 0 unspecified atom stereocenters. The third kappa shape index (κ3) is 2.55. The Hall–Kier alpha value is -1.62. The summed E-state index contributed by atoms with van der Waals surface area (Å²) in [4.78, 5) is 16.0. The second-order valence-corrected chi connectivity index (χ2v) is 4.63. The highest BCUT2D eigenvalue weighted by Crippen LogP contribution is 2.17. The summed E-state index contributed by atoms with van der Waals surface area (Å²) < 4.78 is 2.69. The van der Waals surface area contributed by atoms with Crippen molar-refractivity contribution < 1.29 is 4.79 Å². The van der Waals surface area contributed by atoms with Gasteiger partial charge >= 0.3 is 0 Å². The Labute approximate surface area is 108 Å². The number of nitrogens with one attached hydrogen (secondary N) is 1.